The lowest BCUT2D eigenvalue weighted by atomic mass is 10.1. The first kappa shape index (κ1) is 19.3. The minimum atomic E-state index is -0.475. The fourth-order valence-electron chi connectivity index (χ4n) is 2.76. The standard InChI is InChI=1S/C18H26FN3O3/c1-18(2,3)25-17(24)12-22-8-6-21(7-9-22)11-14-10-15(20-13-23)4-5-16(14)19/h4-5,10,13H,6-9,11-12H2,1-3H3,(H,20,23). The second-order valence-corrected chi connectivity index (χ2v) is 7.21. The minimum absolute atomic E-state index is 0.223. The number of halogens is 1. The van der Waals surface area contributed by atoms with Gasteiger partial charge in [0.1, 0.15) is 11.4 Å². The summed E-state index contributed by atoms with van der Waals surface area (Å²) in [5.74, 6) is -0.507. The molecular weight excluding hydrogens is 325 g/mol. The molecule has 7 heteroatoms. The van der Waals surface area contributed by atoms with Crippen molar-refractivity contribution in [2.45, 2.75) is 32.9 Å². The Morgan fingerprint density at radius 2 is 1.88 bits per heavy atom. The Hall–Kier alpha value is -1.99. The lowest BCUT2D eigenvalue weighted by molar-refractivity contribution is -0.156. The number of nitrogens with one attached hydrogen (secondary N) is 1. The van der Waals surface area contributed by atoms with Gasteiger partial charge in [0.15, 0.2) is 0 Å². The Kier molecular flexibility index (Phi) is 6.50. The van der Waals surface area contributed by atoms with Crippen LogP contribution in [0.4, 0.5) is 10.1 Å². The van der Waals surface area contributed by atoms with E-state index in [0.29, 0.717) is 24.2 Å². The number of hydrogen-bond acceptors (Lipinski definition) is 5. The third kappa shape index (κ3) is 6.43. The molecule has 138 valence electrons. The summed E-state index contributed by atoms with van der Waals surface area (Å²) in [4.78, 5) is 26.6. The van der Waals surface area contributed by atoms with Gasteiger partial charge in [-0.25, -0.2) is 4.39 Å². The van der Waals surface area contributed by atoms with Crippen molar-refractivity contribution in [2.75, 3.05) is 38.0 Å². The highest BCUT2D eigenvalue weighted by molar-refractivity contribution is 5.72. The van der Waals surface area contributed by atoms with E-state index in [4.69, 9.17) is 4.74 Å². The molecule has 6 nitrogen and oxygen atoms in total. The first-order chi connectivity index (χ1) is 11.8. The molecule has 0 bridgehead atoms. The van der Waals surface area contributed by atoms with Crippen LogP contribution in [0.3, 0.4) is 0 Å². The Morgan fingerprint density at radius 3 is 2.48 bits per heavy atom. The normalized spacial score (nSPS) is 16.5. The van der Waals surface area contributed by atoms with Gasteiger partial charge in [0.05, 0.1) is 6.54 Å². The number of benzene rings is 1. The van der Waals surface area contributed by atoms with Gasteiger partial charge < -0.3 is 10.1 Å². The summed E-state index contributed by atoms with van der Waals surface area (Å²) in [6, 6.07) is 4.54. The largest absolute Gasteiger partial charge is 0.459 e. The van der Waals surface area contributed by atoms with E-state index >= 15 is 0 Å². The maximum absolute atomic E-state index is 14.0. The topological polar surface area (TPSA) is 61.9 Å². The van der Waals surface area contributed by atoms with Crippen molar-refractivity contribution in [3.8, 4) is 0 Å². The number of rotatable bonds is 6. The van der Waals surface area contributed by atoms with Crippen molar-refractivity contribution in [1.29, 1.82) is 0 Å². The zero-order valence-corrected chi connectivity index (χ0v) is 15.0. The molecule has 0 atom stereocenters. The number of carbonyl (C=O) groups is 2. The van der Waals surface area contributed by atoms with Gasteiger partial charge in [0.25, 0.3) is 0 Å². The van der Waals surface area contributed by atoms with Crippen molar-refractivity contribution in [3.05, 3.63) is 29.6 Å². The summed E-state index contributed by atoms with van der Waals surface area (Å²) in [5.41, 5.74) is 0.652. The highest BCUT2D eigenvalue weighted by Gasteiger charge is 2.23. The number of piperazine rings is 1. The van der Waals surface area contributed by atoms with E-state index in [1.807, 2.05) is 25.7 Å². The van der Waals surface area contributed by atoms with Crippen LogP contribution in [0, 0.1) is 5.82 Å². The van der Waals surface area contributed by atoms with Gasteiger partial charge in [0, 0.05) is 44.0 Å². The van der Waals surface area contributed by atoms with E-state index in [-0.39, 0.29) is 18.3 Å². The van der Waals surface area contributed by atoms with E-state index in [2.05, 4.69) is 10.2 Å². The SMILES string of the molecule is CC(C)(C)OC(=O)CN1CCN(Cc2cc(NC=O)ccc2F)CC1. The van der Waals surface area contributed by atoms with Crippen molar-refractivity contribution >= 4 is 18.1 Å². The average molecular weight is 351 g/mol. The van der Waals surface area contributed by atoms with Crippen LogP contribution in [-0.2, 0) is 20.9 Å². The zero-order chi connectivity index (χ0) is 18.4. The van der Waals surface area contributed by atoms with Crippen LogP contribution in [0.25, 0.3) is 0 Å². The highest BCUT2D eigenvalue weighted by atomic mass is 19.1. The maximum atomic E-state index is 14.0. The predicted octanol–water partition coefficient (Wildman–Crippen LogP) is 1.85. The van der Waals surface area contributed by atoms with Gasteiger partial charge in [0.2, 0.25) is 6.41 Å². The third-order valence-corrected chi connectivity index (χ3v) is 3.90. The maximum Gasteiger partial charge on any atom is 0.320 e. The molecule has 0 spiro atoms. The van der Waals surface area contributed by atoms with E-state index in [1.54, 1.807) is 6.07 Å². The lowest BCUT2D eigenvalue weighted by Gasteiger charge is -2.34. The van der Waals surface area contributed by atoms with Gasteiger partial charge in [-0.2, -0.15) is 0 Å². The quantitative estimate of drug-likeness (QED) is 0.626. The molecule has 0 aliphatic carbocycles. The summed E-state index contributed by atoms with van der Waals surface area (Å²) < 4.78 is 19.3. The molecule has 1 amide bonds. The molecule has 1 saturated heterocycles. The molecule has 1 heterocycles. The second-order valence-electron chi connectivity index (χ2n) is 7.21. The van der Waals surface area contributed by atoms with Gasteiger partial charge in [-0.05, 0) is 39.0 Å². The fraction of sp³-hybridized carbons (Fsp3) is 0.556. The molecule has 0 radical (unpaired) electrons. The Balaban J connectivity index is 1.83. The minimum Gasteiger partial charge on any atom is -0.459 e. The van der Waals surface area contributed by atoms with Crippen molar-refractivity contribution in [3.63, 3.8) is 0 Å². The van der Waals surface area contributed by atoms with Gasteiger partial charge >= 0.3 is 5.97 Å². The molecular formula is C18H26FN3O3. The van der Waals surface area contributed by atoms with Crippen LogP contribution in [0.1, 0.15) is 26.3 Å². The summed E-state index contributed by atoms with van der Waals surface area (Å²) in [5, 5.41) is 2.53. The zero-order valence-electron chi connectivity index (χ0n) is 15.0. The number of ether oxygens (including phenoxy) is 1. The summed E-state index contributed by atoms with van der Waals surface area (Å²) in [6.07, 6.45) is 0.576. The average Bonchev–Trinajstić information content (AvgIpc) is 2.51. The molecule has 1 aliphatic heterocycles. The smallest absolute Gasteiger partial charge is 0.320 e. The number of esters is 1. The molecule has 1 aromatic rings. The number of hydrogen-bond donors (Lipinski definition) is 1. The van der Waals surface area contributed by atoms with E-state index in [1.165, 1.54) is 12.1 Å². The van der Waals surface area contributed by atoms with Crippen LogP contribution in [0.5, 0.6) is 0 Å². The first-order valence-corrected chi connectivity index (χ1v) is 8.42. The predicted molar refractivity (Wildman–Crippen MR) is 93.6 cm³/mol. The summed E-state index contributed by atoms with van der Waals surface area (Å²) in [6.45, 7) is 9.25. The van der Waals surface area contributed by atoms with Gasteiger partial charge in [-0.15, -0.1) is 0 Å². The van der Waals surface area contributed by atoms with Gasteiger partial charge in [-0.1, -0.05) is 0 Å². The van der Waals surface area contributed by atoms with Gasteiger partial charge in [-0.3, -0.25) is 19.4 Å². The molecule has 0 saturated carbocycles. The monoisotopic (exact) mass is 351 g/mol. The molecule has 1 aliphatic rings. The van der Waals surface area contributed by atoms with E-state index in [9.17, 15) is 14.0 Å². The van der Waals surface area contributed by atoms with Crippen LogP contribution < -0.4 is 5.32 Å². The second kappa shape index (κ2) is 8.40. The number of anilines is 1. The molecule has 0 unspecified atom stereocenters. The molecule has 2 rings (SSSR count). The van der Waals surface area contributed by atoms with Crippen LogP contribution in [0.15, 0.2) is 18.2 Å². The van der Waals surface area contributed by atoms with Crippen molar-refractivity contribution in [1.82, 2.24) is 9.80 Å². The molecule has 1 aromatic carbocycles. The highest BCUT2D eigenvalue weighted by Crippen LogP contribution is 2.17. The van der Waals surface area contributed by atoms with E-state index < -0.39 is 5.60 Å². The van der Waals surface area contributed by atoms with Crippen LogP contribution in [0.2, 0.25) is 0 Å². The number of nitrogens with zero attached hydrogens (tertiary/aromatic N) is 2. The Morgan fingerprint density at radius 1 is 1.24 bits per heavy atom. The fourth-order valence-corrected chi connectivity index (χ4v) is 2.76. The van der Waals surface area contributed by atoms with Crippen LogP contribution >= 0.6 is 0 Å². The molecule has 1 N–H and O–H groups in total. The molecule has 1 fully saturated rings. The summed E-state index contributed by atoms with van der Waals surface area (Å²) in [7, 11) is 0. The lowest BCUT2D eigenvalue weighted by Crippen LogP contribution is -2.48. The summed E-state index contributed by atoms with van der Waals surface area (Å²) >= 11 is 0. The molecule has 0 aromatic heterocycles. The Bertz CT molecular complexity index is 608. The Labute approximate surface area is 147 Å². The molecule has 25 heavy (non-hydrogen) atoms. The number of carbonyl (C=O) groups excluding carboxylic acids is 2. The van der Waals surface area contributed by atoms with Crippen LogP contribution in [-0.4, -0.2) is 60.5 Å². The van der Waals surface area contributed by atoms with Crippen molar-refractivity contribution < 1.29 is 18.7 Å². The number of amides is 1. The van der Waals surface area contributed by atoms with Crippen molar-refractivity contribution in [2.24, 2.45) is 0 Å². The third-order valence-electron chi connectivity index (χ3n) is 3.90. The first-order valence-electron chi connectivity index (χ1n) is 8.42. The van der Waals surface area contributed by atoms with E-state index in [0.717, 1.165) is 26.2 Å².